The fourth-order valence-electron chi connectivity index (χ4n) is 9.09. The summed E-state index contributed by atoms with van der Waals surface area (Å²) in [5.74, 6) is -0.892. The van der Waals surface area contributed by atoms with Gasteiger partial charge >= 0.3 is 315 Å². The summed E-state index contributed by atoms with van der Waals surface area (Å²) in [7, 11) is 17.8. The Balaban J connectivity index is 1.67. The summed E-state index contributed by atoms with van der Waals surface area (Å²) < 4.78 is 0.0572. The van der Waals surface area contributed by atoms with E-state index in [-0.39, 0.29) is 18.1 Å². The van der Waals surface area contributed by atoms with Crippen molar-refractivity contribution in [2.24, 2.45) is 10.8 Å². The molecular formula is C46H57Cl2SiZr. The molecule has 2 aliphatic rings. The predicted molar refractivity (Wildman–Crippen MR) is 223 cm³/mol. The van der Waals surface area contributed by atoms with Crippen LogP contribution in [0.5, 0.6) is 0 Å². The van der Waals surface area contributed by atoms with Crippen molar-refractivity contribution in [1.29, 1.82) is 0 Å². The molecule has 50 heavy (non-hydrogen) atoms. The van der Waals surface area contributed by atoms with Crippen molar-refractivity contribution in [2.75, 3.05) is 0 Å². The summed E-state index contributed by atoms with van der Waals surface area (Å²) in [6.07, 6.45) is 5.04. The summed E-state index contributed by atoms with van der Waals surface area (Å²) in [6, 6.07) is 31.8. The van der Waals surface area contributed by atoms with Crippen molar-refractivity contribution in [1.82, 2.24) is 0 Å². The molecule has 0 N–H and O–H groups in total. The van der Waals surface area contributed by atoms with Crippen LogP contribution in [0, 0.1) is 10.8 Å². The van der Waals surface area contributed by atoms with Gasteiger partial charge in [0.15, 0.2) is 0 Å². The summed E-state index contributed by atoms with van der Waals surface area (Å²) in [5.41, 5.74) is 16.0. The first-order valence-corrected chi connectivity index (χ1v) is 35.1. The van der Waals surface area contributed by atoms with E-state index in [4.69, 9.17) is 17.0 Å². The number of halogens is 2. The molecule has 0 spiro atoms. The first-order valence-electron chi connectivity index (χ1n) is 18.7. The van der Waals surface area contributed by atoms with E-state index in [0.717, 1.165) is 0 Å². The number of fused-ring (bicyclic) bond motifs is 2. The molecule has 0 amide bonds. The standard InChI is InChI=1S/2C22H25.C2H7Si.2ClH.Zr/c2*1-15(2)18-10-6-7-11-19(18)20-12-8-9-16-13-17(14-21(16)20)22(3,4)5;1-3-2;;;/h2*6-15H,1-5H3;3H,1-2H3;2*1H;/q;;;;;+2/p-2. The maximum absolute atomic E-state index is 8.91. The van der Waals surface area contributed by atoms with Crippen LogP contribution in [-0.2, 0) is 15.6 Å². The van der Waals surface area contributed by atoms with Gasteiger partial charge in [-0.2, -0.15) is 0 Å². The van der Waals surface area contributed by atoms with Crippen LogP contribution in [0.1, 0.15) is 122 Å². The van der Waals surface area contributed by atoms with Gasteiger partial charge in [0.1, 0.15) is 0 Å². The van der Waals surface area contributed by atoms with E-state index in [2.05, 4.69) is 179 Å². The topological polar surface area (TPSA) is 0 Å². The van der Waals surface area contributed by atoms with Crippen LogP contribution in [0.4, 0.5) is 0 Å². The second-order valence-electron chi connectivity index (χ2n) is 18.0. The number of hydrogen-bond acceptors (Lipinski definition) is 0. The first-order chi connectivity index (χ1) is 23.3. The Morgan fingerprint density at radius 2 is 0.860 bits per heavy atom. The third kappa shape index (κ3) is 6.07. The van der Waals surface area contributed by atoms with E-state index in [1.165, 1.54) is 66.8 Å². The quantitative estimate of drug-likeness (QED) is 0.163. The molecule has 263 valence electrons. The number of rotatable bonds is 7. The predicted octanol–water partition coefficient (Wildman–Crippen LogP) is 14.9. The molecular weight excluding hydrogens is 743 g/mol. The molecule has 0 saturated carbocycles. The van der Waals surface area contributed by atoms with Crippen molar-refractivity contribution in [3.8, 4) is 22.3 Å². The van der Waals surface area contributed by atoms with Crippen LogP contribution in [0.2, 0.25) is 13.1 Å². The van der Waals surface area contributed by atoms with E-state index in [0.29, 0.717) is 11.8 Å². The van der Waals surface area contributed by atoms with Gasteiger partial charge in [0, 0.05) is 0 Å². The van der Waals surface area contributed by atoms with E-state index in [9.17, 15) is 0 Å². The van der Waals surface area contributed by atoms with E-state index in [1.54, 1.807) is 0 Å². The van der Waals surface area contributed by atoms with Gasteiger partial charge in [-0.1, -0.05) is 0 Å². The SMILES string of the molecule is CC(C)c1ccccc1-c1cccc2c1C=C(C(C)(C)C)[CH]2[Zr]([Cl])([Cl])([CH]1C(C(C)(C)C)=Cc2c(-c3ccccc3C(C)C)cccc21)[SiH](C)C. The van der Waals surface area contributed by atoms with Gasteiger partial charge in [0.25, 0.3) is 0 Å². The summed E-state index contributed by atoms with van der Waals surface area (Å²) >= 11 is -5.04. The van der Waals surface area contributed by atoms with E-state index < -0.39 is 21.5 Å². The Morgan fingerprint density at radius 3 is 1.18 bits per heavy atom. The van der Waals surface area contributed by atoms with Crippen molar-refractivity contribution < 1.29 is 15.6 Å². The fraction of sp³-hybridized carbons (Fsp3) is 0.391. The molecule has 2 atom stereocenters. The minimum absolute atomic E-state index is 0.0286. The molecule has 6 rings (SSSR count). The van der Waals surface area contributed by atoms with Crippen LogP contribution in [0.25, 0.3) is 34.4 Å². The Hall–Kier alpha value is -1.96. The fourth-order valence-corrected chi connectivity index (χ4v) is 40.5. The summed E-state index contributed by atoms with van der Waals surface area (Å²) in [4.78, 5) is 0. The molecule has 4 aromatic carbocycles. The normalized spacial score (nSPS) is 18.6. The van der Waals surface area contributed by atoms with Crippen LogP contribution >= 0.6 is 17.0 Å². The zero-order valence-electron chi connectivity index (χ0n) is 32.4. The molecule has 4 aromatic rings. The average Bonchev–Trinajstić information content (AvgIpc) is 3.66. The molecule has 2 aliphatic carbocycles. The molecule has 0 radical (unpaired) electrons. The molecule has 0 bridgehead atoms. The van der Waals surface area contributed by atoms with Gasteiger partial charge in [-0.3, -0.25) is 0 Å². The van der Waals surface area contributed by atoms with Crippen LogP contribution in [-0.4, -0.2) is 5.92 Å². The van der Waals surface area contributed by atoms with E-state index in [1.807, 2.05) is 0 Å². The average molecular weight is 800 g/mol. The van der Waals surface area contributed by atoms with Crippen molar-refractivity contribution in [3.63, 3.8) is 0 Å². The Morgan fingerprint density at radius 1 is 0.520 bits per heavy atom. The first kappa shape index (κ1) is 37.8. The molecule has 0 nitrogen and oxygen atoms in total. The molecule has 0 saturated heterocycles. The minimum atomic E-state index is -5.04. The van der Waals surface area contributed by atoms with Crippen LogP contribution in [0.15, 0.2) is 96.1 Å². The van der Waals surface area contributed by atoms with Gasteiger partial charge in [-0.25, -0.2) is 0 Å². The Labute approximate surface area is 312 Å². The monoisotopic (exact) mass is 797 g/mol. The molecule has 4 heteroatoms. The van der Waals surface area contributed by atoms with Crippen LogP contribution in [0.3, 0.4) is 0 Å². The molecule has 0 aromatic heterocycles. The second kappa shape index (κ2) is 13.2. The zero-order valence-corrected chi connectivity index (χ0v) is 37.5. The van der Waals surface area contributed by atoms with Gasteiger partial charge in [-0.15, -0.1) is 0 Å². The van der Waals surface area contributed by atoms with E-state index >= 15 is 0 Å². The second-order valence-corrected chi connectivity index (χ2v) is 60.6. The third-order valence-corrected chi connectivity index (χ3v) is 63.4. The number of hydrogen-bond donors (Lipinski definition) is 0. The van der Waals surface area contributed by atoms with Crippen LogP contribution < -0.4 is 0 Å². The van der Waals surface area contributed by atoms with Crippen molar-refractivity contribution in [3.05, 3.63) is 129 Å². The Bertz CT molecular complexity index is 1880. The molecule has 2 unspecified atom stereocenters. The van der Waals surface area contributed by atoms with Crippen molar-refractivity contribution in [2.45, 2.75) is 101 Å². The summed E-state index contributed by atoms with van der Waals surface area (Å²) in [6.45, 7) is 28.3. The Kier molecular flexibility index (Phi) is 9.95. The number of allylic oxidation sites excluding steroid dienone is 2. The van der Waals surface area contributed by atoms with Gasteiger partial charge in [0.05, 0.1) is 0 Å². The van der Waals surface area contributed by atoms with Gasteiger partial charge < -0.3 is 0 Å². The molecule has 0 fully saturated rings. The number of benzene rings is 4. The molecule has 0 heterocycles. The van der Waals surface area contributed by atoms with Gasteiger partial charge in [-0.05, 0) is 0 Å². The zero-order chi connectivity index (χ0) is 36.6. The van der Waals surface area contributed by atoms with Gasteiger partial charge in [0.2, 0.25) is 0 Å². The summed E-state index contributed by atoms with van der Waals surface area (Å²) in [5, 5.41) is 0. The third-order valence-electron chi connectivity index (χ3n) is 11.8. The van der Waals surface area contributed by atoms with Crippen molar-refractivity contribution >= 4 is 35.1 Å². The maximum atomic E-state index is 8.91. The molecule has 0 aliphatic heterocycles.